The van der Waals surface area contributed by atoms with Crippen molar-refractivity contribution in [3.8, 4) is 0 Å². The summed E-state index contributed by atoms with van der Waals surface area (Å²) in [5.74, 6) is 0.188. The summed E-state index contributed by atoms with van der Waals surface area (Å²) in [4.78, 5) is 13.0. The second-order valence-electron chi connectivity index (χ2n) is 2.99. The van der Waals surface area contributed by atoms with Crippen molar-refractivity contribution in [2.75, 3.05) is 26.2 Å². The van der Waals surface area contributed by atoms with Crippen LogP contribution in [0.5, 0.6) is 0 Å². The predicted octanol–water partition coefficient (Wildman–Crippen LogP) is 0.436. The molecule has 0 bridgehead atoms. The van der Waals surface area contributed by atoms with E-state index < -0.39 is 0 Å². The zero-order valence-electron chi connectivity index (χ0n) is 7.35. The summed E-state index contributed by atoms with van der Waals surface area (Å²) in [5.41, 5.74) is 0. The number of carbonyl (C=O) groups excluding carboxylic acids is 1. The molecule has 0 aromatic rings. The first-order chi connectivity index (χ1) is 5.74. The van der Waals surface area contributed by atoms with Gasteiger partial charge in [-0.1, -0.05) is 6.92 Å². The summed E-state index contributed by atoms with van der Waals surface area (Å²) in [5, 5.41) is 3.20. The molecule has 1 aliphatic rings. The molecule has 0 spiro atoms. The number of likely N-dealkylation sites (N-methyl/N-ethyl adjacent to an activating group) is 1. The normalized spacial score (nSPS) is 23.7. The molecule has 1 aliphatic heterocycles. The van der Waals surface area contributed by atoms with E-state index in [2.05, 4.69) is 12.2 Å². The Balaban J connectivity index is 2.19. The Bertz CT molecular complexity index is 163. The van der Waals surface area contributed by atoms with Crippen LogP contribution in [-0.4, -0.2) is 42.4 Å². The highest BCUT2D eigenvalue weighted by Gasteiger charge is 2.26. The molecule has 0 radical (unpaired) electrons. The number of carbonyl (C=O) groups is 1. The third kappa shape index (κ3) is 2.64. The molecule has 1 fully saturated rings. The molecule has 70 valence electrons. The first-order valence-corrected chi connectivity index (χ1v) is 4.80. The fraction of sp³-hybridized carbons (Fsp3) is 0.875. The molecule has 1 unspecified atom stereocenters. The molecule has 0 aliphatic carbocycles. The van der Waals surface area contributed by atoms with Gasteiger partial charge in [-0.15, -0.1) is 11.6 Å². The van der Waals surface area contributed by atoms with Crippen LogP contribution in [-0.2, 0) is 4.79 Å². The van der Waals surface area contributed by atoms with E-state index in [9.17, 15) is 4.79 Å². The van der Waals surface area contributed by atoms with E-state index in [-0.39, 0.29) is 11.3 Å². The van der Waals surface area contributed by atoms with E-state index in [1.807, 2.05) is 4.90 Å². The van der Waals surface area contributed by atoms with E-state index >= 15 is 0 Å². The maximum absolute atomic E-state index is 11.2. The third-order valence-electron chi connectivity index (χ3n) is 1.98. The number of nitrogens with zero attached hydrogens (tertiary/aromatic N) is 1. The Labute approximate surface area is 78.1 Å². The number of amides is 1. The molecule has 1 heterocycles. The monoisotopic (exact) mass is 190 g/mol. The van der Waals surface area contributed by atoms with Crippen LogP contribution >= 0.6 is 11.6 Å². The molecule has 0 aromatic heterocycles. The van der Waals surface area contributed by atoms with Crippen molar-refractivity contribution in [3.63, 3.8) is 0 Å². The molecule has 3 nitrogen and oxygen atoms in total. The smallest absolute Gasteiger partial charge is 0.224 e. The maximum Gasteiger partial charge on any atom is 0.224 e. The minimum atomic E-state index is 0.0270. The van der Waals surface area contributed by atoms with E-state index in [0.717, 1.165) is 19.6 Å². The van der Waals surface area contributed by atoms with Gasteiger partial charge < -0.3 is 10.2 Å². The number of hydrogen-bond donors (Lipinski definition) is 1. The first-order valence-electron chi connectivity index (χ1n) is 4.36. The molecule has 0 saturated carbocycles. The summed E-state index contributed by atoms with van der Waals surface area (Å²) in [6.45, 7) is 5.37. The van der Waals surface area contributed by atoms with E-state index in [1.54, 1.807) is 0 Å². The quantitative estimate of drug-likeness (QED) is 0.516. The van der Waals surface area contributed by atoms with Gasteiger partial charge in [0, 0.05) is 26.1 Å². The van der Waals surface area contributed by atoms with Gasteiger partial charge >= 0.3 is 0 Å². The summed E-state index contributed by atoms with van der Waals surface area (Å²) < 4.78 is 0. The van der Waals surface area contributed by atoms with Gasteiger partial charge in [0.15, 0.2) is 0 Å². The molecule has 1 atom stereocenters. The van der Waals surface area contributed by atoms with Crippen molar-refractivity contribution in [3.05, 3.63) is 0 Å². The predicted molar refractivity (Wildman–Crippen MR) is 49.4 cm³/mol. The standard InChI is InChI=1S/C8H15ClN2O/c1-2-10-3-4-11-6-7(9)5-8(11)12/h7,10H,2-6H2,1H3. The van der Waals surface area contributed by atoms with Crippen LogP contribution in [0.15, 0.2) is 0 Å². The second-order valence-corrected chi connectivity index (χ2v) is 3.61. The Kier molecular flexibility index (Phi) is 3.82. The highest BCUT2D eigenvalue weighted by atomic mass is 35.5. The number of alkyl halides is 1. The van der Waals surface area contributed by atoms with Gasteiger partial charge in [-0.25, -0.2) is 0 Å². The van der Waals surface area contributed by atoms with Crippen molar-refractivity contribution in [2.45, 2.75) is 18.7 Å². The van der Waals surface area contributed by atoms with Crippen molar-refractivity contribution < 1.29 is 4.79 Å². The molecule has 4 heteroatoms. The second kappa shape index (κ2) is 4.67. The maximum atomic E-state index is 11.2. The lowest BCUT2D eigenvalue weighted by molar-refractivity contribution is -0.127. The lowest BCUT2D eigenvalue weighted by atomic mass is 10.4. The molecule has 1 saturated heterocycles. The summed E-state index contributed by atoms with van der Waals surface area (Å²) in [6.07, 6.45) is 0.508. The van der Waals surface area contributed by atoms with Crippen LogP contribution in [0.25, 0.3) is 0 Å². The van der Waals surface area contributed by atoms with Gasteiger partial charge in [-0.2, -0.15) is 0 Å². The number of hydrogen-bond acceptors (Lipinski definition) is 2. The van der Waals surface area contributed by atoms with Gasteiger partial charge in [0.05, 0.1) is 5.38 Å². The van der Waals surface area contributed by atoms with E-state index in [4.69, 9.17) is 11.6 Å². The van der Waals surface area contributed by atoms with Crippen molar-refractivity contribution in [1.29, 1.82) is 0 Å². The van der Waals surface area contributed by atoms with Crippen LogP contribution in [0.2, 0.25) is 0 Å². The van der Waals surface area contributed by atoms with Gasteiger partial charge in [-0.3, -0.25) is 4.79 Å². The molecular weight excluding hydrogens is 176 g/mol. The lowest BCUT2D eigenvalue weighted by Gasteiger charge is -2.15. The largest absolute Gasteiger partial charge is 0.340 e. The van der Waals surface area contributed by atoms with Gasteiger partial charge in [0.25, 0.3) is 0 Å². The molecule has 1 N–H and O–H groups in total. The highest BCUT2D eigenvalue weighted by molar-refractivity contribution is 6.22. The number of halogens is 1. The topological polar surface area (TPSA) is 32.3 Å². The lowest BCUT2D eigenvalue weighted by Crippen LogP contribution is -2.33. The van der Waals surface area contributed by atoms with Crippen molar-refractivity contribution >= 4 is 17.5 Å². The summed E-state index contributed by atoms with van der Waals surface area (Å²) in [7, 11) is 0. The third-order valence-corrected chi connectivity index (χ3v) is 2.27. The number of likely N-dealkylation sites (tertiary alicyclic amines) is 1. The number of rotatable bonds is 4. The van der Waals surface area contributed by atoms with Crippen molar-refractivity contribution in [1.82, 2.24) is 10.2 Å². The summed E-state index contributed by atoms with van der Waals surface area (Å²) >= 11 is 5.83. The Hall–Kier alpha value is -0.280. The van der Waals surface area contributed by atoms with Gasteiger partial charge in [0.2, 0.25) is 5.91 Å². The molecule has 1 rings (SSSR count). The average Bonchev–Trinajstić information content (AvgIpc) is 2.31. The SMILES string of the molecule is CCNCCN1CC(Cl)CC1=O. The average molecular weight is 191 g/mol. The molecule has 1 amide bonds. The van der Waals surface area contributed by atoms with Crippen LogP contribution in [0.1, 0.15) is 13.3 Å². The van der Waals surface area contributed by atoms with Crippen LogP contribution in [0, 0.1) is 0 Å². The zero-order chi connectivity index (χ0) is 8.97. The Morgan fingerprint density at radius 2 is 2.50 bits per heavy atom. The minimum absolute atomic E-state index is 0.0270. The fourth-order valence-electron chi connectivity index (χ4n) is 1.33. The van der Waals surface area contributed by atoms with Gasteiger partial charge in [-0.05, 0) is 6.54 Å². The Morgan fingerprint density at radius 3 is 3.00 bits per heavy atom. The highest BCUT2D eigenvalue weighted by Crippen LogP contribution is 2.15. The van der Waals surface area contributed by atoms with Crippen molar-refractivity contribution in [2.24, 2.45) is 0 Å². The van der Waals surface area contributed by atoms with E-state index in [0.29, 0.717) is 13.0 Å². The van der Waals surface area contributed by atoms with Crippen LogP contribution in [0.3, 0.4) is 0 Å². The number of nitrogens with one attached hydrogen (secondary N) is 1. The van der Waals surface area contributed by atoms with Gasteiger partial charge in [0.1, 0.15) is 0 Å². The fourth-order valence-corrected chi connectivity index (χ4v) is 1.63. The summed E-state index contributed by atoms with van der Waals surface area (Å²) in [6, 6.07) is 0. The minimum Gasteiger partial charge on any atom is -0.340 e. The Morgan fingerprint density at radius 1 is 1.75 bits per heavy atom. The van der Waals surface area contributed by atoms with Crippen LogP contribution in [0.4, 0.5) is 0 Å². The molecule has 0 aromatic carbocycles. The zero-order valence-corrected chi connectivity index (χ0v) is 8.10. The first kappa shape index (κ1) is 9.81. The van der Waals surface area contributed by atoms with E-state index in [1.165, 1.54) is 0 Å². The molecule has 12 heavy (non-hydrogen) atoms. The van der Waals surface area contributed by atoms with Crippen LogP contribution < -0.4 is 5.32 Å². The molecular formula is C8H15ClN2O.